The van der Waals surface area contributed by atoms with E-state index in [0.29, 0.717) is 25.9 Å². The normalized spacial score (nSPS) is 16.9. The molecule has 0 bridgehead atoms. The fourth-order valence-corrected chi connectivity index (χ4v) is 2.29. The molecule has 2 rings (SSSR count). The van der Waals surface area contributed by atoms with E-state index in [1.807, 2.05) is 5.43 Å². The fraction of sp³-hybridized carbons (Fsp3) is 0.462. The molecule has 1 saturated heterocycles. The second-order valence-corrected chi connectivity index (χ2v) is 4.93. The van der Waals surface area contributed by atoms with Crippen LogP contribution in [0.2, 0.25) is 0 Å². The number of nitrogens with one attached hydrogen (secondary N) is 1. The van der Waals surface area contributed by atoms with Gasteiger partial charge in [0.25, 0.3) is 5.91 Å². The number of alkyl halides is 3. The van der Waals surface area contributed by atoms with Gasteiger partial charge in [-0.25, -0.2) is 0 Å². The molecule has 1 heterocycles. The summed E-state index contributed by atoms with van der Waals surface area (Å²) in [4.78, 5) is 13.7. The number of piperidine rings is 1. The molecule has 1 fully saturated rings. The molecule has 1 aromatic rings. The standard InChI is InChI=1S/C13H16F3N3O2/c14-13(15,16)10-7-8(1-2-11(10)18-17)12(21)19-5-3-9(20)4-6-19/h1-2,7,9,18,20H,3-6,17H2. The topological polar surface area (TPSA) is 78.6 Å². The molecule has 4 N–H and O–H groups in total. The number of hydrogen-bond donors (Lipinski definition) is 3. The highest BCUT2D eigenvalue weighted by molar-refractivity contribution is 5.95. The van der Waals surface area contributed by atoms with Gasteiger partial charge in [0.2, 0.25) is 0 Å². The van der Waals surface area contributed by atoms with Crippen molar-refractivity contribution in [2.75, 3.05) is 18.5 Å². The quantitative estimate of drug-likeness (QED) is 0.572. The Morgan fingerprint density at radius 1 is 1.33 bits per heavy atom. The van der Waals surface area contributed by atoms with Crippen LogP contribution in [-0.4, -0.2) is 35.1 Å². The lowest BCUT2D eigenvalue weighted by Gasteiger charge is -2.29. The molecule has 5 nitrogen and oxygen atoms in total. The summed E-state index contributed by atoms with van der Waals surface area (Å²) in [7, 11) is 0. The summed E-state index contributed by atoms with van der Waals surface area (Å²) in [6, 6.07) is 3.23. The van der Waals surface area contributed by atoms with E-state index in [4.69, 9.17) is 5.84 Å². The molecule has 1 aromatic carbocycles. The van der Waals surface area contributed by atoms with Gasteiger partial charge in [-0.05, 0) is 31.0 Å². The average molecular weight is 303 g/mol. The summed E-state index contributed by atoms with van der Waals surface area (Å²) in [6.07, 6.45) is -4.19. The van der Waals surface area contributed by atoms with Crippen LogP contribution < -0.4 is 11.3 Å². The molecule has 0 aliphatic carbocycles. The number of carbonyl (C=O) groups is 1. The van der Waals surface area contributed by atoms with E-state index in [2.05, 4.69) is 0 Å². The molecule has 0 spiro atoms. The SMILES string of the molecule is NNc1ccc(C(=O)N2CCC(O)CC2)cc1C(F)(F)F. The van der Waals surface area contributed by atoms with Gasteiger partial charge in [-0.2, -0.15) is 13.2 Å². The van der Waals surface area contributed by atoms with Crippen molar-refractivity contribution < 1.29 is 23.1 Å². The first-order valence-corrected chi connectivity index (χ1v) is 6.48. The van der Waals surface area contributed by atoms with E-state index in [1.54, 1.807) is 0 Å². The number of likely N-dealkylation sites (tertiary alicyclic amines) is 1. The molecule has 0 saturated carbocycles. The summed E-state index contributed by atoms with van der Waals surface area (Å²) in [5, 5.41) is 9.39. The van der Waals surface area contributed by atoms with Crippen LogP contribution in [0.25, 0.3) is 0 Å². The lowest BCUT2D eigenvalue weighted by Crippen LogP contribution is -2.40. The number of aliphatic hydroxyl groups excluding tert-OH is 1. The predicted molar refractivity (Wildman–Crippen MR) is 70.4 cm³/mol. The van der Waals surface area contributed by atoms with Crippen molar-refractivity contribution in [1.82, 2.24) is 4.90 Å². The van der Waals surface area contributed by atoms with Gasteiger partial charge in [0, 0.05) is 18.7 Å². The number of anilines is 1. The van der Waals surface area contributed by atoms with Crippen LogP contribution in [0.4, 0.5) is 18.9 Å². The van der Waals surface area contributed by atoms with Crippen molar-refractivity contribution in [2.24, 2.45) is 5.84 Å². The van der Waals surface area contributed by atoms with E-state index in [0.717, 1.165) is 12.1 Å². The Balaban J connectivity index is 2.26. The number of aliphatic hydroxyl groups is 1. The van der Waals surface area contributed by atoms with E-state index >= 15 is 0 Å². The number of carbonyl (C=O) groups excluding carboxylic acids is 1. The zero-order valence-electron chi connectivity index (χ0n) is 11.2. The second-order valence-electron chi connectivity index (χ2n) is 4.93. The van der Waals surface area contributed by atoms with Crippen LogP contribution in [0.15, 0.2) is 18.2 Å². The van der Waals surface area contributed by atoms with Crippen molar-refractivity contribution in [1.29, 1.82) is 0 Å². The number of nitrogens with zero attached hydrogens (tertiary/aromatic N) is 1. The molecular formula is C13H16F3N3O2. The van der Waals surface area contributed by atoms with E-state index in [1.165, 1.54) is 11.0 Å². The number of halogens is 3. The van der Waals surface area contributed by atoms with Gasteiger partial charge in [0.05, 0.1) is 17.4 Å². The van der Waals surface area contributed by atoms with Gasteiger partial charge < -0.3 is 15.4 Å². The molecule has 8 heteroatoms. The first-order chi connectivity index (χ1) is 9.82. The van der Waals surface area contributed by atoms with Crippen LogP contribution in [-0.2, 0) is 6.18 Å². The summed E-state index contributed by atoms with van der Waals surface area (Å²) >= 11 is 0. The first-order valence-electron chi connectivity index (χ1n) is 6.48. The van der Waals surface area contributed by atoms with Crippen molar-refractivity contribution in [3.63, 3.8) is 0 Å². The molecule has 0 radical (unpaired) electrons. The minimum atomic E-state index is -4.60. The zero-order valence-corrected chi connectivity index (χ0v) is 11.2. The van der Waals surface area contributed by atoms with Gasteiger partial charge >= 0.3 is 6.18 Å². The lowest BCUT2D eigenvalue weighted by atomic mass is 10.0. The minimum absolute atomic E-state index is 0.0438. The number of nitrogens with two attached hydrogens (primary N) is 1. The number of nitrogen functional groups attached to an aromatic ring is 1. The van der Waals surface area contributed by atoms with Crippen molar-refractivity contribution in [3.05, 3.63) is 29.3 Å². The van der Waals surface area contributed by atoms with E-state index in [-0.39, 0.29) is 11.3 Å². The highest BCUT2D eigenvalue weighted by atomic mass is 19.4. The maximum absolute atomic E-state index is 12.9. The van der Waals surface area contributed by atoms with Crippen LogP contribution in [0.5, 0.6) is 0 Å². The highest BCUT2D eigenvalue weighted by Gasteiger charge is 2.34. The van der Waals surface area contributed by atoms with Gasteiger partial charge in [-0.1, -0.05) is 0 Å². The number of rotatable bonds is 2. The molecule has 21 heavy (non-hydrogen) atoms. The van der Waals surface area contributed by atoms with Crippen molar-refractivity contribution >= 4 is 11.6 Å². The maximum Gasteiger partial charge on any atom is 0.418 e. The Kier molecular flexibility index (Phi) is 4.38. The van der Waals surface area contributed by atoms with Crippen molar-refractivity contribution in [3.8, 4) is 0 Å². The predicted octanol–water partition coefficient (Wildman–Crippen LogP) is 1.59. The van der Waals surface area contributed by atoms with Crippen LogP contribution in [0.3, 0.4) is 0 Å². The molecule has 1 amide bonds. The smallest absolute Gasteiger partial charge is 0.393 e. The number of hydrogen-bond acceptors (Lipinski definition) is 4. The third-order valence-electron chi connectivity index (χ3n) is 3.48. The van der Waals surface area contributed by atoms with Gasteiger partial charge in [0.15, 0.2) is 0 Å². The van der Waals surface area contributed by atoms with Crippen LogP contribution in [0, 0.1) is 0 Å². The lowest BCUT2D eigenvalue weighted by molar-refractivity contribution is -0.137. The summed E-state index contributed by atoms with van der Waals surface area (Å²) in [6.45, 7) is 0.663. The molecule has 0 atom stereocenters. The monoisotopic (exact) mass is 303 g/mol. The Bertz CT molecular complexity index is 526. The third-order valence-corrected chi connectivity index (χ3v) is 3.48. The largest absolute Gasteiger partial charge is 0.418 e. The number of hydrazine groups is 1. The number of benzene rings is 1. The molecule has 0 unspecified atom stereocenters. The molecule has 116 valence electrons. The minimum Gasteiger partial charge on any atom is -0.393 e. The first kappa shape index (κ1) is 15.6. The summed E-state index contributed by atoms with van der Waals surface area (Å²) in [5.41, 5.74) is 0.669. The maximum atomic E-state index is 12.9. The van der Waals surface area contributed by atoms with E-state index in [9.17, 15) is 23.1 Å². The van der Waals surface area contributed by atoms with Gasteiger partial charge in [-0.3, -0.25) is 10.6 Å². The molecule has 1 aliphatic heterocycles. The number of amides is 1. The molecule has 1 aliphatic rings. The average Bonchev–Trinajstić information content (AvgIpc) is 2.45. The Hall–Kier alpha value is -1.80. The second kappa shape index (κ2) is 5.90. The zero-order chi connectivity index (χ0) is 15.6. The Morgan fingerprint density at radius 3 is 2.48 bits per heavy atom. The van der Waals surface area contributed by atoms with Crippen LogP contribution in [0.1, 0.15) is 28.8 Å². The van der Waals surface area contributed by atoms with Gasteiger partial charge in [-0.15, -0.1) is 0 Å². The van der Waals surface area contributed by atoms with E-state index < -0.39 is 23.8 Å². The molecular weight excluding hydrogens is 287 g/mol. The summed E-state index contributed by atoms with van der Waals surface area (Å²) < 4.78 is 38.8. The summed E-state index contributed by atoms with van der Waals surface area (Å²) in [5.74, 6) is 4.58. The fourth-order valence-electron chi connectivity index (χ4n) is 2.29. The highest BCUT2D eigenvalue weighted by Crippen LogP contribution is 2.35. The van der Waals surface area contributed by atoms with Gasteiger partial charge in [0.1, 0.15) is 0 Å². The third kappa shape index (κ3) is 3.45. The Labute approximate surface area is 119 Å². The Morgan fingerprint density at radius 2 is 1.95 bits per heavy atom. The van der Waals surface area contributed by atoms with Crippen LogP contribution >= 0.6 is 0 Å². The van der Waals surface area contributed by atoms with Crippen molar-refractivity contribution in [2.45, 2.75) is 25.1 Å². The molecule has 0 aromatic heterocycles.